The summed E-state index contributed by atoms with van der Waals surface area (Å²) in [6.45, 7) is 11.1. The van der Waals surface area contributed by atoms with Crippen LogP contribution in [0, 0.1) is 11.8 Å². The zero-order chi connectivity index (χ0) is 21.7. The molecule has 1 aromatic carbocycles. The van der Waals surface area contributed by atoms with Crippen LogP contribution in [-0.4, -0.2) is 90.8 Å². The van der Waals surface area contributed by atoms with E-state index in [1.54, 1.807) is 4.90 Å². The lowest BCUT2D eigenvalue weighted by molar-refractivity contribution is -0.136. The predicted molar refractivity (Wildman–Crippen MR) is 123 cm³/mol. The Morgan fingerprint density at radius 3 is 2.17 bits per heavy atom. The number of hydrogen-bond donors (Lipinski definition) is 0. The van der Waals surface area contributed by atoms with Crippen LogP contribution in [0.4, 0.5) is 0 Å². The van der Waals surface area contributed by atoms with E-state index in [4.69, 9.17) is 0 Å². The van der Waals surface area contributed by atoms with Crippen molar-refractivity contribution in [2.24, 2.45) is 11.8 Å². The molecular weight excluding hydrogens is 444 g/mol. The smallest absolute Gasteiger partial charge is 0.236 e. The lowest BCUT2D eigenvalue weighted by Gasteiger charge is -2.38. The topological polar surface area (TPSA) is 47.1 Å². The quantitative estimate of drug-likeness (QED) is 0.630. The molecule has 0 N–H and O–H groups in total. The van der Waals surface area contributed by atoms with Crippen LogP contribution in [0.5, 0.6) is 0 Å². The Morgan fingerprint density at radius 1 is 1.00 bits per heavy atom. The summed E-state index contributed by atoms with van der Waals surface area (Å²) in [6.07, 6.45) is 1.21. The van der Waals surface area contributed by atoms with Crippen molar-refractivity contribution < 1.29 is 9.59 Å². The summed E-state index contributed by atoms with van der Waals surface area (Å²) in [5, 5.41) is 0. The van der Waals surface area contributed by atoms with E-state index in [0.29, 0.717) is 31.5 Å². The normalized spacial score (nSPS) is 23.4. The lowest BCUT2D eigenvalue weighted by atomic mass is 9.92. The number of benzene rings is 1. The number of likely N-dealkylation sites (N-methyl/N-ethyl adjacent to an activating group) is 1. The minimum atomic E-state index is 0.131. The number of carbonyl (C=O) groups is 2. The minimum Gasteiger partial charge on any atom is -0.341 e. The van der Waals surface area contributed by atoms with Crippen LogP contribution in [0.3, 0.4) is 0 Å². The molecule has 3 rings (SSSR count). The van der Waals surface area contributed by atoms with E-state index in [0.717, 1.165) is 49.3 Å². The highest BCUT2D eigenvalue weighted by atomic mass is 79.9. The molecule has 2 aliphatic heterocycles. The molecule has 2 fully saturated rings. The second-order valence-corrected chi connectivity index (χ2v) is 9.99. The first-order chi connectivity index (χ1) is 14.3. The third kappa shape index (κ3) is 6.53. The van der Waals surface area contributed by atoms with E-state index in [2.05, 4.69) is 39.6 Å². The van der Waals surface area contributed by atoms with Crippen molar-refractivity contribution in [1.82, 2.24) is 19.6 Å². The molecule has 0 aromatic heterocycles. The molecule has 0 unspecified atom stereocenters. The van der Waals surface area contributed by atoms with E-state index >= 15 is 0 Å². The van der Waals surface area contributed by atoms with Crippen LogP contribution in [0.25, 0.3) is 0 Å². The summed E-state index contributed by atoms with van der Waals surface area (Å²) >= 11 is 3.55. The molecule has 30 heavy (non-hydrogen) atoms. The average molecular weight is 479 g/mol. The van der Waals surface area contributed by atoms with Gasteiger partial charge < -0.3 is 9.80 Å². The van der Waals surface area contributed by atoms with Gasteiger partial charge in [0.2, 0.25) is 11.8 Å². The van der Waals surface area contributed by atoms with Gasteiger partial charge in [-0.1, -0.05) is 48.0 Å². The second kappa shape index (κ2) is 10.7. The van der Waals surface area contributed by atoms with Crippen molar-refractivity contribution in [2.75, 3.05) is 59.4 Å². The Bertz CT molecular complexity index is 726. The van der Waals surface area contributed by atoms with Crippen LogP contribution >= 0.6 is 15.9 Å². The maximum atomic E-state index is 12.7. The fourth-order valence-electron chi connectivity index (χ4n) is 4.55. The highest BCUT2D eigenvalue weighted by Gasteiger charge is 2.28. The zero-order valence-electron chi connectivity index (χ0n) is 18.5. The van der Waals surface area contributed by atoms with Crippen molar-refractivity contribution >= 4 is 27.7 Å². The molecule has 2 aliphatic rings. The molecule has 0 radical (unpaired) electrons. The number of carbonyl (C=O) groups excluding carboxylic acids is 2. The van der Waals surface area contributed by atoms with Crippen molar-refractivity contribution in [3.8, 4) is 0 Å². The van der Waals surface area contributed by atoms with E-state index < -0.39 is 0 Å². The monoisotopic (exact) mass is 478 g/mol. The maximum absolute atomic E-state index is 12.7. The number of likely N-dealkylation sites (tertiary alicyclic amines) is 1. The summed E-state index contributed by atoms with van der Waals surface area (Å²) < 4.78 is 1.03. The van der Waals surface area contributed by atoms with E-state index in [9.17, 15) is 9.59 Å². The summed E-state index contributed by atoms with van der Waals surface area (Å²) in [7, 11) is 1.86. The van der Waals surface area contributed by atoms with Gasteiger partial charge in [-0.3, -0.25) is 19.4 Å². The van der Waals surface area contributed by atoms with Crippen molar-refractivity contribution in [1.29, 1.82) is 0 Å². The molecule has 2 atom stereocenters. The van der Waals surface area contributed by atoms with Gasteiger partial charge >= 0.3 is 0 Å². The first-order valence-electron chi connectivity index (χ1n) is 11.0. The summed E-state index contributed by atoms with van der Waals surface area (Å²) in [5.41, 5.74) is 1.11. The zero-order valence-corrected chi connectivity index (χ0v) is 20.1. The predicted octanol–water partition coefficient (Wildman–Crippen LogP) is 2.53. The Hall–Kier alpha value is -1.44. The molecule has 166 valence electrons. The fourth-order valence-corrected chi connectivity index (χ4v) is 4.96. The molecular formula is C23H35BrN4O2. The minimum absolute atomic E-state index is 0.131. The van der Waals surface area contributed by atoms with Crippen LogP contribution in [0.2, 0.25) is 0 Å². The van der Waals surface area contributed by atoms with Gasteiger partial charge in [0.1, 0.15) is 0 Å². The van der Waals surface area contributed by atoms with Gasteiger partial charge in [-0.15, -0.1) is 0 Å². The van der Waals surface area contributed by atoms with Crippen molar-refractivity contribution in [3.05, 3.63) is 34.3 Å². The summed E-state index contributed by atoms with van der Waals surface area (Å²) in [6, 6.07) is 8.00. The van der Waals surface area contributed by atoms with E-state index in [1.165, 1.54) is 6.42 Å². The van der Waals surface area contributed by atoms with Gasteiger partial charge in [0.25, 0.3) is 0 Å². The van der Waals surface area contributed by atoms with Crippen molar-refractivity contribution in [2.45, 2.75) is 26.8 Å². The molecule has 6 nitrogen and oxygen atoms in total. The number of piperidine rings is 1. The molecule has 2 heterocycles. The van der Waals surface area contributed by atoms with Crippen LogP contribution in [-0.2, 0) is 16.1 Å². The van der Waals surface area contributed by atoms with Gasteiger partial charge in [0.05, 0.1) is 13.1 Å². The van der Waals surface area contributed by atoms with Gasteiger partial charge in [-0.2, -0.15) is 0 Å². The molecule has 0 aliphatic carbocycles. The van der Waals surface area contributed by atoms with Gasteiger partial charge in [0, 0.05) is 57.3 Å². The third-order valence-corrected chi connectivity index (χ3v) is 6.97. The maximum Gasteiger partial charge on any atom is 0.236 e. The molecule has 1 aromatic rings. The van der Waals surface area contributed by atoms with Gasteiger partial charge in [0.15, 0.2) is 0 Å². The van der Waals surface area contributed by atoms with E-state index in [1.807, 2.05) is 36.2 Å². The van der Waals surface area contributed by atoms with Crippen molar-refractivity contribution in [3.63, 3.8) is 0 Å². The highest BCUT2D eigenvalue weighted by Crippen LogP contribution is 2.21. The number of piperazine rings is 1. The molecule has 2 saturated heterocycles. The number of hydrogen-bond acceptors (Lipinski definition) is 4. The van der Waals surface area contributed by atoms with Crippen LogP contribution < -0.4 is 0 Å². The molecule has 2 amide bonds. The lowest BCUT2D eigenvalue weighted by Crippen LogP contribution is -2.53. The largest absolute Gasteiger partial charge is 0.341 e. The fraction of sp³-hybridized carbons (Fsp3) is 0.652. The number of rotatable bonds is 6. The summed E-state index contributed by atoms with van der Waals surface area (Å²) in [5.74, 6) is 1.57. The molecule has 7 heteroatoms. The summed E-state index contributed by atoms with van der Waals surface area (Å²) in [4.78, 5) is 33.6. The Labute approximate surface area is 189 Å². The number of halogens is 1. The number of amides is 2. The van der Waals surface area contributed by atoms with Crippen LogP contribution in [0.15, 0.2) is 28.7 Å². The first-order valence-corrected chi connectivity index (χ1v) is 11.8. The van der Waals surface area contributed by atoms with Crippen LogP contribution in [0.1, 0.15) is 25.8 Å². The molecule has 0 bridgehead atoms. The SMILES string of the molecule is C[C@@H]1C[C@@H](C)CN(C(=O)CN2CCN(CC(=O)N(C)Cc3ccccc3Br)CC2)C1. The number of nitrogens with zero attached hydrogens (tertiary/aromatic N) is 4. The standard InChI is InChI=1S/C23H35BrN4O2/c1-18-12-19(2)14-28(13-18)23(30)17-27-10-8-26(9-11-27)16-22(29)25(3)15-20-6-4-5-7-21(20)24/h4-7,18-19H,8-17H2,1-3H3/t18-,19-/m1/s1. The first kappa shape index (κ1) is 23.2. The Kier molecular flexibility index (Phi) is 8.31. The molecule has 0 spiro atoms. The third-order valence-electron chi connectivity index (χ3n) is 6.20. The second-order valence-electron chi connectivity index (χ2n) is 9.14. The Morgan fingerprint density at radius 2 is 1.57 bits per heavy atom. The average Bonchev–Trinajstić information content (AvgIpc) is 2.70. The van der Waals surface area contributed by atoms with E-state index in [-0.39, 0.29) is 11.8 Å². The molecule has 0 saturated carbocycles. The van der Waals surface area contributed by atoms with Gasteiger partial charge in [-0.25, -0.2) is 0 Å². The van der Waals surface area contributed by atoms with Gasteiger partial charge in [-0.05, 0) is 29.9 Å². The Balaban J connectivity index is 1.40. The highest BCUT2D eigenvalue weighted by molar-refractivity contribution is 9.10.